The summed E-state index contributed by atoms with van der Waals surface area (Å²) in [6.07, 6.45) is 3.04. The third kappa shape index (κ3) is 5.66. The minimum Gasteiger partial charge on any atom is -0.507 e. The number of rotatable bonds is 10. The fourth-order valence-electron chi connectivity index (χ4n) is 4.44. The summed E-state index contributed by atoms with van der Waals surface area (Å²) in [6, 6.07) is 18.8. The summed E-state index contributed by atoms with van der Waals surface area (Å²) in [7, 11) is 1.53. The summed E-state index contributed by atoms with van der Waals surface area (Å²) in [6.45, 7) is 2.82. The number of Topliss-reactive ketones (excluding diaryl/α,β-unsaturated/α-hetero) is 1. The van der Waals surface area contributed by atoms with Gasteiger partial charge in [-0.3, -0.25) is 9.59 Å². The lowest BCUT2D eigenvalue weighted by atomic mass is 9.94. The molecule has 1 aliphatic rings. The van der Waals surface area contributed by atoms with Crippen LogP contribution in [-0.2, 0) is 16.1 Å². The summed E-state index contributed by atoms with van der Waals surface area (Å²) in [5.41, 5.74) is 1.59. The molecule has 1 heterocycles. The number of aliphatic hydroxyl groups excluding tert-OH is 1. The minimum absolute atomic E-state index is 0.0637. The molecule has 0 saturated carbocycles. The Kier molecular flexibility index (Phi) is 8.23. The Balaban J connectivity index is 1.79. The fraction of sp³-hybridized carbons (Fsp3) is 0.267. The highest BCUT2D eigenvalue weighted by Crippen LogP contribution is 2.42. The highest BCUT2D eigenvalue weighted by atomic mass is 19.1. The van der Waals surface area contributed by atoms with Crippen LogP contribution in [0, 0.1) is 5.82 Å². The monoisotopic (exact) mass is 503 g/mol. The van der Waals surface area contributed by atoms with Crippen LogP contribution in [0.3, 0.4) is 0 Å². The molecule has 3 aromatic carbocycles. The zero-order valence-electron chi connectivity index (χ0n) is 20.9. The van der Waals surface area contributed by atoms with Gasteiger partial charge in [0.05, 0.1) is 25.3 Å². The van der Waals surface area contributed by atoms with Crippen LogP contribution in [0.5, 0.6) is 11.5 Å². The molecule has 3 aromatic rings. The second kappa shape index (κ2) is 11.7. The zero-order chi connectivity index (χ0) is 26.4. The van der Waals surface area contributed by atoms with Gasteiger partial charge < -0.3 is 19.5 Å². The number of unbranched alkanes of at least 4 members (excludes halogenated alkanes) is 2. The van der Waals surface area contributed by atoms with Gasteiger partial charge in [-0.15, -0.1) is 0 Å². The van der Waals surface area contributed by atoms with Crippen molar-refractivity contribution >= 4 is 17.4 Å². The van der Waals surface area contributed by atoms with E-state index in [9.17, 15) is 19.1 Å². The molecule has 1 atom stereocenters. The van der Waals surface area contributed by atoms with Gasteiger partial charge in [-0.2, -0.15) is 0 Å². The number of ketones is 1. The van der Waals surface area contributed by atoms with Crippen LogP contribution < -0.4 is 9.47 Å². The van der Waals surface area contributed by atoms with E-state index >= 15 is 0 Å². The summed E-state index contributed by atoms with van der Waals surface area (Å²) in [5.74, 6) is -1.35. The smallest absolute Gasteiger partial charge is 0.295 e. The van der Waals surface area contributed by atoms with E-state index in [0.29, 0.717) is 23.7 Å². The van der Waals surface area contributed by atoms with Crippen molar-refractivity contribution in [2.45, 2.75) is 38.8 Å². The van der Waals surface area contributed by atoms with Crippen LogP contribution in [0.1, 0.15) is 48.9 Å². The number of aliphatic hydroxyl groups is 1. The van der Waals surface area contributed by atoms with Gasteiger partial charge in [0.2, 0.25) is 0 Å². The zero-order valence-corrected chi connectivity index (χ0v) is 20.9. The molecule has 1 amide bonds. The molecule has 0 aliphatic carbocycles. The molecule has 6 nitrogen and oxygen atoms in total. The Labute approximate surface area is 215 Å². The molecule has 0 radical (unpaired) electrons. The summed E-state index contributed by atoms with van der Waals surface area (Å²) in [5, 5.41) is 11.2. The topological polar surface area (TPSA) is 76.1 Å². The Morgan fingerprint density at radius 1 is 0.973 bits per heavy atom. The Morgan fingerprint density at radius 2 is 1.70 bits per heavy atom. The lowest BCUT2D eigenvalue weighted by Crippen LogP contribution is -2.29. The summed E-state index contributed by atoms with van der Waals surface area (Å²) >= 11 is 0. The Hall–Kier alpha value is -4.13. The summed E-state index contributed by atoms with van der Waals surface area (Å²) in [4.78, 5) is 27.9. The van der Waals surface area contributed by atoms with Crippen molar-refractivity contribution in [2.24, 2.45) is 0 Å². The average molecular weight is 504 g/mol. The van der Waals surface area contributed by atoms with E-state index in [1.807, 2.05) is 30.3 Å². The number of methoxy groups -OCH3 is 1. The number of hydrogen-bond acceptors (Lipinski definition) is 5. The molecule has 7 heteroatoms. The first-order valence-corrected chi connectivity index (χ1v) is 12.3. The molecule has 1 N–H and O–H groups in total. The van der Waals surface area contributed by atoms with E-state index in [-0.39, 0.29) is 23.4 Å². The first-order chi connectivity index (χ1) is 17.9. The maximum absolute atomic E-state index is 13.5. The SMILES string of the molecule is CCCCCOc1ccc(C2/C(=C(\O)c3ccc(F)cc3)C(=O)C(=O)N2Cc2ccccc2)cc1OC. The molecular formula is C30H30FNO5. The molecular weight excluding hydrogens is 473 g/mol. The predicted octanol–water partition coefficient (Wildman–Crippen LogP) is 6.03. The summed E-state index contributed by atoms with van der Waals surface area (Å²) < 4.78 is 25.0. The van der Waals surface area contributed by atoms with Crippen molar-refractivity contribution in [3.8, 4) is 11.5 Å². The van der Waals surface area contributed by atoms with Crippen molar-refractivity contribution in [1.29, 1.82) is 0 Å². The number of likely N-dealkylation sites (tertiary alicyclic amines) is 1. The molecule has 192 valence electrons. The maximum Gasteiger partial charge on any atom is 0.295 e. The van der Waals surface area contributed by atoms with Gasteiger partial charge in [-0.05, 0) is 53.9 Å². The standard InChI is InChI=1S/C30H30FNO5/c1-3-4-8-17-37-24-16-13-22(18-25(24)36-2)27-26(28(33)21-11-14-23(31)15-12-21)29(34)30(35)32(27)19-20-9-6-5-7-10-20/h5-7,9-16,18,27,33H,3-4,8,17,19H2,1-2H3/b28-26+. The van der Waals surface area contributed by atoms with Gasteiger partial charge in [0.1, 0.15) is 11.6 Å². The number of carbonyl (C=O) groups excluding carboxylic acids is 2. The maximum atomic E-state index is 13.5. The number of carbonyl (C=O) groups is 2. The molecule has 37 heavy (non-hydrogen) atoms. The molecule has 1 unspecified atom stereocenters. The molecule has 1 saturated heterocycles. The van der Waals surface area contributed by atoms with E-state index < -0.39 is 23.5 Å². The van der Waals surface area contributed by atoms with Gasteiger partial charge in [0.25, 0.3) is 11.7 Å². The number of nitrogens with zero attached hydrogens (tertiary/aromatic N) is 1. The van der Waals surface area contributed by atoms with Crippen LogP contribution in [-0.4, -0.2) is 35.4 Å². The number of hydrogen-bond donors (Lipinski definition) is 1. The number of ether oxygens (including phenoxy) is 2. The van der Waals surface area contributed by atoms with Crippen molar-refractivity contribution in [1.82, 2.24) is 4.90 Å². The van der Waals surface area contributed by atoms with Crippen molar-refractivity contribution in [2.75, 3.05) is 13.7 Å². The first-order valence-electron chi connectivity index (χ1n) is 12.3. The van der Waals surface area contributed by atoms with Gasteiger partial charge >= 0.3 is 0 Å². The highest BCUT2D eigenvalue weighted by Gasteiger charge is 2.46. The quantitative estimate of drug-likeness (QED) is 0.158. The van der Waals surface area contributed by atoms with E-state index in [1.165, 1.54) is 36.3 Å². The van der Waals surface area contributed by atoms with E-state index in [0.717, 1.165) is 24.8 Å². The van der Waals surface area contributed by atoms with E-state index in [2.05, 4.69) is 6.92 Å². The molecule has 0 spiro atoms. The van der Waals surface area contributed by atoms with Gasteiger partial charge in [-0.1, -0.05) is 56.2 Å². The highest BCUT2D eigenvalue weighted by molar-refractivity contribution is 6.46. The number of halogens is 1. The average Bonchev–Trinajstić information content (AvgIpc) is 3.16. The second-order valence-corrected chi connectivity index (χ2v) is 8.89. The van der Waals surface area contributed by atoms with Gasteiger partial charge in [0.15, 0.2) is 11.5 Å². The van der Waals surface area contributed by atoms with Crippen molar-refractivity contribution in [3.63, 3.8) is 0 Å². The Morgan fingerprint density at radius 3 is 2.38 bits per heavy atom. The van der Waals surface area contributed by atoms with E-state index in [4.69, 9.17) is 9.47 Å². The lowest BCUT2D eigenvalue weighted by molar-refractivity contribution is -0.140. The number of benzene rings is 3. The van der Waals surface area contributed by atoms with Crippen LogP contribution in [0.4, 0.5) is 4.39 Å². The van der Waals surface area contributed by atoms with Crippen LogP contribution in [0.15, 0.2) is 78.4 Å². The van der Waals surface area contributed by atoms with Crippen molar-refractivity contribution < 1.29 is 28.6 Å². The molecule has 1 aliphatic heterocycles. The third-order valence-electron chi connectivity index (χ3n) is 6.36. The fourth-order valence-corrected chi connectivity index (χ4v) is 4.44. The normalized spacial score (nSPS) is 16.7. The second-order valence-electron chi connectivity index (χ2n) is 8.89. The third-order valence-corrected chi connectivity index (χ3v) is 6.36. The van der Waals surface area contributed by atoms with Crippen LogP contribution >= 0.6 is 0 Å². The van der Waals surface area contributed by atoms with Gasteiger partial charge in [-0.25, -0.2) is 4.39 Å². The predicted molar refractivity (Wildman–Crippen MR) is 139 cm³/mol. The van der Waals surface area contributed by atoms with Crippen LogP contribution in [0.2, 0.25) is 0 Å². The first kappa shape index (κ1) is 25.9. The van der Waals surface area contributed by atoms with Crippen molar-refractivity contribution in [3.05, 3.63) is 101 Å². The lowest BCUT2D eigenvalue weighted by Gasteiger charge is -2.26. The number of amides is 1. The molecule has 0 aromatic heterocycles. The van der Waals surface area contributed by atoms with Crippen LogP contribution in [0.25, 0.3) is 5.76 Å². The molecule has 1 fully saturated rings. The largest absolute Gasteiger partial charge is 0.507 e. The Bertz CT molecular complexity index is 1290. The molecule has 4 rings (SSSR count). The molecule has 0 bridgehead atoms. The van der Waals surface area contributed by atoms with E-state index in [1.54, 1.807) is 18.2 Å². The van der Waals surface area contributed by atoms with Gasteiger partial charge in [0, 0.05) is 12.1 Å². The minimum atomic E-state index is -0.881.